The van der Waals surface area contributed by atoms with E-state index in [2.05, 4.69) is 53.0 Å². The second-order valence-corrected chi connectivity index (χ2v) is 10.6. The van der Waals surface area contributed by atoms with Crippen LogP contribution in [0.5, 0.6) is 0 Å². The van der Waals surface area contributed by atoms with Crippen molar-refractivity contribution in [3.63, 3.8) is 0 Å². The van der Waals surface area contributed by atoms with Crippen LogP contribution in [0, 0.1) is 25.7 Å². The lowest BCUT2D eigenvalue weighted by Crippen LogP contribution is -2.44. The molecule has 2 saturated heterocycles. The first-order valence-corrected chi connectivity index (χ1v) is 12.8. The molecule has 2 aromatic rings. The summed E-state index contributed by atoms with van der Waals surface area (Å²) in [6, 6.07) is 2.77. The van der Waals surface area contributed by atoms with Gasteiger partial charge in [-0.05, 0) is 82.3 Å². The molecule has 0 bridgehead atoms. The Kier molecular flexibility index (Phi) is 5.40. The van der Waals surface area contributed by atoms with Crippen LogP contribution < -0.4 is 0 Å². The van der Waals surface area contributed by atoms with Gasteiger partial charge in [0.25, 0.3) is 5.91 Å². The number of hydrogen-bond donors (Lipinski definition) is 0. The number of carbonyl (C=O) groups is 1. The van der Waals surface area contributed by atoms with Crippen molar-refractivity contribution in [2.75, 3.05) is 26.7 Å². The van der Waals surface area contributed by atoms with Crippen LogP contribution in [0.15, 0.2) is 54.2 Å². The molecule has 4 aliphatic rings. The minimum Gasteiger partial charge on any atom is -0.370 e. The predicted octanol–water partition coefficient (Wildman–Crippen LogP) is 3.92. The summed E-state index contributed by atoms with van der Waals surface area (Å²) < 4.78 is 1.89. The zero-order valence-electron chi connectivity index (χ0n) is 21.1. The fourth-order valence-corrected chi connectivity index (χ4v) is 6.23. The number of likely N-dealkylation sites (tertiary alicyclic amines) is 2. The largest absolute Gasteiger partial charge is 0.370 e. The lowest BCUT2D eigenvalue weighted by molar-refractivity contribution is -0.122. The summed E-state index contributed by atoms with van der Waals surface area (Å²) in [5, 5.41) is 4.82. The van der Waals surface area contributed by atoms with E-state index >= 15 is 0 Å². The number of aryl methyl sites for hydroxylation is 2. The van der Waals surface area contributed by atoms with Gasteiger partial charge < -0.3 is 9.80 Å². The molecule has 1 amide bonds. The maximum Gasteiger partial charge on any atom is 0.255 e. The molecule has 6 rings (SSSR count). The van der Waals surface area contributed by atoms with E-state index in [1.54, 1.807) is 6.08 Å². The molecule has 4 aliphatic heterocycles. The molecule has 0 aliphatic carbocycles. The lowest BCUT2D eigenvalue weighted by Gasteiger charge is -2.40. The van der Waals surface area contributed by atoms with Gasteiger partial charge in [-0.3, -0.25) is 14.7 Å². The summed E-state index contributed by atoms with van der Waals surface area (Å²) in [5.41, 5.74) is 6.78. The van der Waals surface area contributed by atoms with Crippen LogP contribution in [0.1, 0.15) is 43.3 Å². The topological polar surface area (TPSA) is 57.0 Å². The third-order valence-corrected chi connectivity index (χ3v) is 8.23. The van der Waals surface area contributed by atoms with Crippen molar-refractivity contribution in [3.05, 3.63) is 71.2 Å². The number of hydrogen-bond acceptors (Lipinski definition) is 5. The highest BCUT2D eigenvalue weighted by Crippen LogP contribution is 2.35. The summed E-state index contributed by atoms with van der Waals surface area (Å²) >= 11 is 0. The average molecular weight is 471 g/mol. The molecule has 2 aromatic heterocycles. The fourth-order valence-electron chi connectivity index (χ4n) is 6.23. The van der Waals surface area contributed by atoms with Crippen molar-refractivity contribution < 1.29 is 4.79 Å². The third kappa shape index (κ3) is 3.92. The molecule has 182 valence electrons. The molecule has 0 spiro atoms. The number of rotatable bonds is 2. The number of fused-ring (bicyclic) bond motifs is 3. The Bertz CT molecular complexity index is 1310. The quantitative estimate of drug-likeness (QED) is 0.666. The lowest BCUT2D eigenvalue weighted by atomic mass is 9.91. The van der Waals surface area contributed by atoms with Gasteiger partial charge in [-0.15, -0.1) is 0 Å². The second kappa shape index (κ2) is 8.48. The Labute approximate surface area is 207 Å². The van der Waals surface area contributed by atoms with E-state index in [1.165, 1.54) is 19.4 Å². The van der Waals surface area contributed by atoms with Crippen LogP contribution in [0.2, 0.25) is 0 Å². The zero-order valence-corrected chi connectivity index (χ0v) is 21.1. The SMILES string of the molecule is Cc1cn2nc(C3=CC(=O)N4C=C(N5CCC6C(CCN6C)C5)C=CC4=CCC3C)cc2c(C)n1. The van der Waals surface area contributed by atoms with E-state index in [4.69, 9.17) is 5.10 Å². The molecular weight excluding hydrogens is 436 g/mol. The number of carbonyl (C=O) groups excluding carboxylic acids is 1. The average Bonchev–Trinajstić information content (AvgIpc) is 3.43. The first-order chi connectivity index (χ1) is 16.9. The summed E-state index contributed by atoms with van der Waals surface area (Å²) in [7, 11) is 2.25. The molecule has 7 heteroatoms. The highest BCUT2D eigenvalue weighted by Gasteiger charge is 2.37. The molecule has 6 heterocycles. The number of piperidine rings is 1. The molecule has 0 N–H and O–H groups in total. The van der Waals surface area contributed by atoms with Crippen molar-refractivity contribution in [1.29, 1.82) is 0 Å². The van der Waals surface area contributed by atoms with E-state index in [1.807, 2.05) is 35.7 Å². The van der Waals surface area contributed by atoms with Crippen molar-refractivity contribution in [2.24, 2.45) is 11.8 Å². The first kappa shape index (κ1) is 22.3. The number of aromatic nitrogens is 3. The highest BCUT2D eigenvalue weighted by atomic mass is 16.2. The van der Waals surface area contributed by atoms with Crippen LogP contribution >= 0.6 is 0 Å². The molecule has 7 nitrogen and oxygen atoms in total. The van der Waals surface area contributed by atoms with E-state index in [-0.39, 0.29) is 11.8 Å². The molecule has 3 unspecified atom stereocenters. The van der Waals surface area contributed by atoms with Gasteiger partial charge in [-0.2, -0.15) is 5.10 Å². The van der Waals surface area contributed by atoms with Gasteiger partial charge in [0.2, 0.25) is 0 Å². The van der Waals surface area contributed by atoms with E-state index in [0.717, 1.165) is 59.1 Å². The molecular formula is C28H34N6O. The smallest absolute Gasteiger partial charge is 0.255 e. The molecule has 0 aromatic carbocycles. The van der Waals surface area contributed by atoms with Crippen molar-refractivity contribution in [1.82, 2.24) is 29.3 Å². The zero-order chi connectivity index (χ0) is 24.3. The van der Waals surface area contributed by atoms with Crippen LogP contribution in [-0.4, -0.2) is 67.9 Å². The molecule has 2 fully saturated rings. The van der Waals surface area contributed by atoms with Gasteiger partial charge in [0.1, 0.15) is 0 Å². The molecule has 0 radical (unpaired) electrons. The Hall–Kier alpha value is -3.19. The molecule has 0 saturated carbocycles. The predicted molar refractivity (Wildman–Crippen MR) is 137 cm³/mol. The number of amides is 1. The number of nitrogens with zero attached hydrogens (tertiary/aromatic N) is 6. The van der Waals surface area contributed by atoms with Gasteiger partial charge in [-0.25, -0.2) is 4.52 Å². The minimum atomic E-state index is -0.0155. The van der Waals surface area contributed by atoms with Crippen LogP contribution in [0.3, 0.4) is 0 Å². The summed E-state index contributed by atoms with van der Waals surface area (Å²) in [6.45, 7) is 9.45. The number of allylic oxidation sites excluding steroid dienone is 4. The fraction of sp³-hybridized carbons (Fsp3) is 0.464. The van der Waals surface area contributed by atoms with Gasteiger partial charge in [-0.1, -0.05) is 13.0 Å². The highest BCUT2D eigenvalue weighted by molar-refractivity contribution is 5.98. The van der Waals surface area contributed by atoms with Crippen molar-refractivity contribution in [2.45, 2.75) is 46.1 Å². The van der Waals surface area contributed by atoms with E-state index in [9.17, 15) is 4.79 Å². The molecule has 35 heavy (non-hydrogen) atoms. The van der Waals surface area contributed by atoms with Crippen molar-refractivity contribution in [3.8, 4) is 0 Å². The standard InChI is InChI=1S/C28H34N6O/c1-18-5-6-22-7-8-23(32-12-10-26-21(16-32)9-11-31(26)4)17-33(22)28(35)13-24(18)25-14-27-20(3)29-19(2)15-34(27)30-25/h6-8,13-15,17-18,21,26H,5,9-12,16H2,1-4H3. The summed E-state index contributed by atoms with van der Waals surface area (Å²) in [4.78, 5) is 25.0. The third-order valence-electron chi connectivity index (χ3n) is 8.23. The first-order valence-electron chi connectivity index (χ1n) is 12.8. The Morgan fingerprint density at radius 3 is 2.77 bits per heavy atom. The second-order valence-electron chi connectivity index (χ2n) is 10.6. The minimum absolute atomic E-state index is 0.0155. The maximum absolute atomic E-state index is 13.6. The Morgan fingerprint density at radius 2 is 1.91 bits per heavy atom. The summed E-state index contributed by atoms with van der Waals surface area (Å²) in [6.07, 6.45) is 15.5. The van der Waals surface area contributed by atoms with Crippen LogP contribution in [0.4, 0.5) is 0 Å². The van der Waals surface area contributed by atoms with Gasteiger partial charge in [0.05, 0.1) is 34.5 Å². The Balaban J connectivity index is 1.30. The van der Waals surface area contributed by atoms with Gasteiger partial charge in [0, 0.05) is 37.1 Å². The van der Waals surface area contributed by atoms with Gasteiger partial charge in [0.15, 0.2) is 0 Å². The summed E-state index contributed by atoms with van der Waals surface area (Å²) in [5.74, 6) is 0.884. The van der Waals surface area contributed by atoms with E-state index < -0.39 is 0 Å². The maximum atomic E-state index is 13.6. The van der Waals surface area contributed by atoms with Gasteiger partial charge >= 0.3 is 0 Å². The van der Waals surface area contributed by atoms with Crippen LogP contribution in [-0.2, 0) is 4.79 Å². The monoisotopic (exact) mass is 470 g/mol. The normalized spacial score (nSPS) is 27.3. The van der Waals surface area contributed by atoms with Crippen LogP contribution in [0.25, 0.3) is 11.1 Å². The van der Waals surface area contributed by atoms with E-state index in [0.29, 0.717) is 12.0 Å². The van der Waals surface area contributed by atoms with Crippen molar-refractivity contribution >= 4 is 17.0 Å². The molecule has 3 atom stereocenters. The Morgan fingerprint density at radius 1 is 1.09 bits per heavy atom.